The van der Waals surface area contributed by atoms with Crippen molar-refractivity contribution in [3.63, 3.8) is 0 Å². The fraction of sp³-hybridized carbons (Fsp3) is 1.00. The van der Waals surface area contributed by atoms with Gasteiger partial charge in [0, 0.05) is 24.2 Å². The fourth-order valence-electron chi connectivity index (χ4n) is 6.81. The van der Waals surface area contributed by atoms with Crippen molar-refractivity contribution in [1.29, 1.82) is 0 Å². The molecule has 0 bridgehead atoms. The van der Waals surface area contributed by atoms with Crippen molar-refractivity contribution in [3.05, 3.63) is 0 Å². The van der Waals surface area contributed by atoms with Crippen LogP contribution in [0.3, 0.4) is 0 Å². The van der Waals surface area contributed by atoms with Gasteiger partial charge in [0.25, 0.3) is 0 Å². The summed E-state index contributed by atoms with van der Waals surface area (Å²) in [5.41, 5.74) is 0.854. The van der Waals surface area contributed by atoms with Gasteiger partial charge in [-0.3, -0.25) is 0 Å². The zero-order valence-electron chi connectivity index (χ0n) is 19.9. The van der Waals surface area contributed by atoms with Crippen LogP contribution < -0.4 is 10.6 Å². The normalized spacial score (nSPS) is 38.4. The molecule has 0 aromatic rings. The predicted molar refractivity (Wildman–Crippen MR) is 123 cm³/mol. The van der Waals surface area contributed by atoms with Crippen LogP contribution in [0.5, 0.6) is 0 Å². The van der Waals surface area contributed by atoms with E-state index in [9.17, 15) is 0 Å². The Balaban J connectivity index is 1.66. The van der Waals surface area contributed by atoms with Gasteiger partial charge in [-0.2, -0.15) is 0 Å². The zero-order chi connectivity index (χ0) is 20.4. The fourth-order valence-corrected chi connectivity index (χ4v) is 6.81. The van der Waals surface area contributed by atoms with Gasteiger partial charge >= 0.3 is 0 Å². The van der Waals surface area contributed by atoms with Gasteiger partial charge in [-0.15, -0.1) is 0 Å². The molecule has 0 aromatic heterocycles. The quantitative estimate of drug-likeness (QED) is 0.559. The summed E-state index contributed by atoms with van der Waals surface area (Å²) in [5, 5.41) is 8.49. The van der Waals surface area contributed by atoms with E-state index in [1.807, 2.05) is 0 Å². The van der Waals surface area contributed by atoms with Crippen molar-refractivity contribution in [2.24, 2.45) is 22.7 Å². The van der Waals surface area contributed by atoms with Gasteiger partial charge in [0.15, 0.2) is 0 Å². The summed E-state index contributed by atoms with van der Waals surface area (Å²) in [7, 11) is 0. The van der Waals surface area contributed by atoms with Gasteiger partial charge in [-0.25, -0.2) is 0 Å². The van der Waals surface area contributed by atoms with Crippen molar-refractivity contribution >= 4 is 0 Å². The molecule has 0 aromatic carbocycles. The summed E-state index contributed by atoms with van der Waals surface area (Å²) in [6, 6.07) is 2.82. The van der Waals surface area contributed by atoms with E-state index in [2.05, 4.69) is 52.2 Å². The summed E-state index contributed by atoms with van der Waals surface area (Å²) in [5.74, 6) is 1.67. The van der Waals surface area contributed by atoms with Gasteiger partial charge < -0.3 is 10.6 Å². The van der Waals surface area contributed by atoms with E-state index in [4.69, 9.17) is 0 Å². The lowest BCUT2D eigenvalue weighted by Crippen LogP contribution is -2.59. The number of rotatable bonds is 4. The highest BCUT2D eigenvalue weighted by Crippen LogP contribution is 2.40. The molecule has 6 atom stereocenters. The largest absolute Gasteiger partial charge is 0.309 e. The van der Waals surface area contributed by atoms with Gasteiger partial charge in [0.05, 0.1) is 0 Å². The van der Waals surface area contributed by atoms with Gasteiger partial charge in [-0.05, 0) is 61.2 Å². The van der Waals surface area contributed by atoms with Crippen LogP contribution >= 0.6 is 0 Å². The summed E-state index contributed by atoms with van der Waals surface area (Å²) in [6.07, 6.45) is 16.9. The second-order valence-electron chi connectivity index (χ2n) is 12.6. The maximum Gasteiger partial charge on any atom is 0.0224 e. The monoisotopic (exact) mass is 390 g/mol. The highest BCUT2D eigenvalue weighted by Gasteiger charge is 2.39. The van der Waals surface area contributed by atoms with Gasteiger partial charge in [0.1, 0.15) is 0 Å². The Hall–Kier alpha value is -0.0800. The standard InChI is InChI=1S/C26H50N2/c1-25(2,3)19-13-7-9-15-21(19)27-23-17-11-12-18-24(23)28-22-16-10-8-14-20(22)26(4,5)6/h19-24,27-28H,7-18H2,1-6H3. The molecule has 6 unspecified atom stereocenters. The molecule has 0 amide bonds. The third kappa shape index (κ3) is 5.75. The second-order valence-corrected chi connectivity index (χ2v) is 12.6. The van der Waals surface area contributed by atoms with E-state index < -0.39 is 0 Å². The maximum absolute atomic E-state index is 4.25. The molecule has 2 N–H and O–H groups in total. The first kappa shape index (κ1) is 22.6. The van der Waals surface area contributed by atoms with Crippen molar-refractivity contribution < 1.29 is 0 Å². The number of nitrogens with one attached hydrogen (secondary N) is 2. The summed E-state index contributed by atoms with van der Waals surface area (Å²) < 4.78 is 0. The van der Waals surface area contributed by atoms with Crippen molar-refractivity contribution in [2.45, 2.75) is 143 Å². The first-order valence-corrected chi connectivity index (χ1v) is 12.7. The van der Waals surface area contributed by atoms with E-state index in [0.717, 1.165) is 23.9 Å². The molecule has 3 aliphatic rings. The van der Waals surface area contributed by atoms with Crippen LogP contribution in [0.4, 0.5) is 0 Å². The molecular weight excluding hydrogens is 340 g/mol. The lowest BCUT2D eigenvalue weighted by molar-refractivity contribution is 0.0907. The molecule has 0 spiro atoms. The highest BCUT2D eigenvalue weighted by atomic mass is 15.1. The molecule has 0 radical (unpaired) electrons. The molecule has 3 aliphatic carbocycles. The third-order valence-corrected chi connectivity index (χ3v) is 8.38. The maximum atomic E-state index is 4.25. The van der Waals surface area contributed by atoms with E-state index >= 15 is 0 Å². The Kier molecular flexibility index (Phi) is 7.57. The zero-order valence-corrected chi connectivity index (χ0v) is 19.9. The second kappa shape index (κ2) is 9.38. The predicted octanol–water partition coefficient (Wildman–Crippen LogP) is 6.69. The van der Waals surface area contributed by atoms with Crippen LogP contribution in [0.25, 0.3) is 0 Å². The number of hydrogen-bond donors (Lipinski definition) is 2. The lowest BCUT2D eigenvalue weighted by Gasteiger charge is -2.47. The average Bonchev–Trinajstić information content (AvgIpc) is 2.62. The lowest BCUT2D eigenvalue weighted by atomic mass is 9.68. The molecule has 3 saturated carbocycles. The Bertz CT molecular complexity index is 428. The molecule has 3 fully saturated rings. The molecule has 3 rings (SSSR count). The summed E-state index contributed by atoms with van der Waals surface area (Å²) >= 11 is 0. The molecule has 164 valence electrons. The first-order chi connectivity index (χ1) is 13.2. The Labute approximate surface area is 176 Å². The minimum atomic E-state index is 0.427. The SMILES string of the molecule is CC(C)(C)C1CCCCC1NC1CCCCC1NC1CCCCC1C(C)(C)C. The third-order valence-electron chi connectivity index (χ3n) is 8.38. The van der Waals surface area contributed by atoms with Crippen molar-refractivity contribution in [1.82, 2.24) is 10.6 Å². The van der Waals surface area contributed by atoms with E-state index in [-0.39, 0.29) is 0 Å². The van der Waals surface area contributed by atoms with Crippen molar-refractivity contribution in [2.75, 3.05) is 0 Å². The van der Waals surface area contributed by atoms with E-state index in [0.29, 0.717) is 22.9 Å². The number of hydrogen-bond acceptors (Lipinski definition) is 2. The van der Waals surface area contributed by atoms with Crippen LogP contribution in [-0.4, -0.2) is 24.2 Å². The van der Waals surface area contributed by atoms with Crippen LogP contribution in [0, 0.1) is 22.7 Å². The van der Waals surface area contributed by atoms with E-state index in [1.54, 1.807) is 0 Å². The Morgan fingerprint density at radius 1 is 0.429 bits per heavy atom. The minimum absolute atomic E-state index is 0.427. The molecule has 0 heterocycles. The minimum Gasteiger partial charge on any atom is -0.309 e. The Morgan fingerprint density at radius 2 is 0.714 bits per heavy atom. The molecule has 2 heteroatoms. The smallest absolute Gasteiger partial charge is 0.0224 e. The molecule has 0 aliphatic heterocycles. The molecule has 2 nitrogen and oxygen atoms in total. The summed E-state index contributed by atoms with van der Waals surface area (Å²) in [4.78, 5) is 0. The van der Waals surface area contributed by atoms with Crippen LogP contribution in [-0.2, 0) is 0 Å². The van der Waals surface area contributed by atoms with Crippen LogP contribution in [0.1, 0.15) is 119 Å². The average molecular weight is 391 g/mol. The summed E-state index contributed by atoms with van der Waals surface area (Å²) in [6.45, 7) is 14.8. The molecule has 28 heavy (non-hydrogen) atoms. The van der Waals surface area contributed by atoms with E-state index in [1.165, 1.54) is 77.0 Å². The Morgan fingerprint density at radius 3 is 1.04 bits per heavy atom. The molecule has 0 saturated heterocycles. The van der Waals surface area contributed by atoms with Crippen molar-refractivity contribution in [3.8, 4) is 0 Å². The highest BCUT2D eigenvalue weighted by molar-refractivity contribution is 4.97. The van der Waals surface area contributed by atoms with Gasteiger partial charge in [0.2, 0.25) is 0 Å². The van der Waals surface area contributed by atoms with Crippen LogP contribution in [0.15, 0.2) is 0 Å². The topological polar surface area (TPSA) is 24.1 Å². The van der Waals surface area contributed by atoms with Gasteiger partial charge in [-0.1, -0.05) is 80.1 Å². The first-order valence-electron chi connectivity index (χ1n) is 12.7. The molecular formula is C26H50N2. The van der Waals surface area contributed by atoms with Crippen LogP contribution in [0.2, 0.25) is 0 Å².